The predicted molar refractivity (Wildman–Crippen MR) is 431 cm³/mol. The van der Waals surface area contributed by atoms with Gasteiger partial charge in [0.2, 0.25) is 0 Å². The van der Waals surface area contributed by atoms with Crippen molar-refractivity contribution in [1.82, 2.24) is 42.1 Å². The van der Waals surface area contributed by atoms with E-state index in [1.807, 2.05) is 72.8 Å². The maximum Gasteiger partial charge on any atom is 0.338 e. The summed E-state index contributed by atoms with van der Waals surface area (Å²) in [5.74, 6) is -1.38. The number of rotatable bonds is 30. The zero-order valence-corrected chi connectivity index (χ0v) is 63.4. The largest absolute Gasteiger partial charge is 0.460 e. The lowest BCUT2D eigenvalue weighted by atomic mass is 10.1. The average Bonchev–Trinajstić information content (AvgIpc) is 0.872. The summed E-state index contributed by atoms with van der Waals surface area (Å²) in [4.78, 5) is 100. The molecule has 1 saturated heterocycles. The Morgan fingerprint density at radius 2 is 0.598 bits per heavy atom. The molecule has 2 heterocycles. The number of guanidine groups is 1. The molecular formula is C79H114N18O15. The van der Waals surface area contributed by atoms with Crippen LogP contribution >= 0.6 is 0 Å². The second-order valence-corrected chi connectivity index (χ2v) is 23.6. The van der Waals surface area contributed by atoms with E-state index in [4.69, 9.17) is 86.6 Å². The number of aliphatic hydroxyl groups excluding tert-OH is 5. The highest BCUT2D eigenvalue weighted by atomic mass is 16.5. The second kappa shape index (κ2) is 60.8. The molecule has 112 heavy (non-hydrogen) atoms. The van der Waals surface area contributed by atoms with Crippen LogP contribution in [-0.4, -0.2) is 215 Å². The van der Waals surface area contributed by atoms with Crippen molar-refractivity contribution in [2.24, 2.45) is 56.6 Å². The summed E-state index contributed by atoms with van der Waals surface area (Å²) in [5, 5.41) is 61.3. The van der Waals surface area contributed by atoms with E-state index in [1.165, 1.54) is 74.5 Å². The maximum absolute atomic E-state index is 12.3. The molecule has 0 unspecified atom stereocenters. The summed E-state index contributed by atoms with van der Waals surface area (Å²) in [6, 6.07) is 48.4. The van der Waals surface area contributed by atoms with E-state index in [2.05, 4.69) is 47.1 Å². The molecule has 2 aliphatic rings. The molecule has 1 fully saturated rings. The van der Waals surface area contributed by atoms with Crippen LogP contribution in [0.1, 0.15) is 129 Å². The first-order valence-electron chi connectivity index (χ1n) is 36.4. The standard InChI is InChI=1S/C24H26N4O2.C12H18N4O2.C12H16N2O4.C12H14O6.C8H12N2.C7H13N3.C2H8N2.C2H7NO/c25-13-17-1-5-19(6-2-17)15-27-23(29)21-9-11-22(12-10-21)24(30)28-16-20-7-3-18(14-26)4-8-20;13-5-7-15-11(17)9-1-2-10(4-3-9)12(18)16-8-6-14;15-7-5-13-11(17)9-1-2-10(4-3-9)12(18)14-6-8-16;13-5-7-17-11(15)9-1-2-10(4-3-9)12(16)18-8-6-14;9-5-7-1-2-8(6-10)4-3-7;1-3-8-7-9-4-2-6-10(7)5-1;2*3-1-2-4/h1-12H,13-16,25-26H2,(H,27,29)(H,28,30);1-4H,5-8,13-14H2,(H,15,17)(H,16,18);1-4,15-16H,5-8H2,(H,13,17)(H,14,18);1-4,13-14H,5-8H2;1-4H,5-6,9-10H2;1-6H2,(H,8,9);1-4H2;4H,1-3H2. The number of carbonyl (C=O) groups is 8. The number of aliphatic imine (C=N–C) groups is 1. The van der Waals surface area contributed by atoms with E-state index in [0.717, 1.165) is 52.4 Å². The van der Waals surface area contributed by atoms with Crippen molar-refractivity contribution in [2.75, 3.05) is 131 Å². The van der Waals surface area contributed by atoms with E-state index >= 15 is 0 Å². The summed E-state index contributed by atoms with van der Waals surface area (Å²) in [7, 11) is 0. The number of esters is 2. The molecule has 610 valence electrons. The van der Waals surface area contributed by atoms with Crippen molar-refractivity contribution >= 4 is 53.3 Å². The molecule has 33 nitrogen and oxygen atoms in total. The number of nitrogens with zero attached hydrogens (tertiary/aromatic N) is 2. The van der Waals surface area contributed by atoms with E-state index in [1.54, 1.807) is 48.5 Å². The minimum absolute atomic E-state index is 0.0703. The van der Waals surface area contributed by atoms with Gasteiger partial charge in [-0.1, -0.05) is 72.8 Å². The lowest BCUT2D eigenvalue weighted by Gasteiger charge is -2.33. The van der Waals surface area contributed by atoms with Crippen molar-refractivity contribution < 1.29 is 73.4 Å². The number of amides is 6. The fourth-order valence-electron chi connectivity index (χ4n) is 9.10. The van der Waals surface area contributed by atoms with E-state index in [9.17, 15) is 38.4 Å². The Morgan fingerprint density at radius 1 is 0.330 bits per heavy atom. The van der Waals surface area contributed by atoms with Gasteiger partial charge in [0.25, 0.3) is 35.4 Å². The van der Waals surface area contributed by atoms with Crippen molar-refractivity contribution in [2.45, 2.75) is 52.1 Å². The molecule has 33 heteroatoms. The minimum Gasteiger partial charge on any atom is -0.460 e. The molecule has 0 aliphatic carbocycles. The Hall–Kier alpha value is -11.0. The molecule has 0 radical (unpaired) electrons. The fraction of sp³-hybridized carbons (Fsp3) is 0.354. The molecule has 0 saturated carbocycles. The highest BCUT2D eigenvalue weighted by Gasteiger charge is 2.18. The normalized spacial score (nSPS) is 11.2. The molecule has 6 amide bonds. The van der Waals surface area contributed by atoms with E-state index in [0.29, 0.717) is 118 Å². The van der Waals surface area contributed by atoms with E-state index < -0.39 is 11.9 Å². The van der Waals surface area contributed by atoms with Gasteiger partial charge in [-0.2, -0.15) is 0 Å². The maximum atomic E-state index is 12.3. The molecule has 30 N–H and O–H groups in total. The van der Waals surface area contributed by atoms with Crippen LogP contribution in [0.15, 0.2) is 175 Å². The van der Waals surface area contributed by atoms with Gasteiger partial charge < -0.3 is 129 Å². The third-order valence-corrected chi connectivity index (χ3v) is 15.1. The Kier molecular flexibility index (Phi) is 52.7. The zero-order valence-electron chi connectivity index (χ0n) is 63.4. The lowest BCUT2D eigenvalue weighted by Crippen LogP contribution is -2.49. The third kappa shape index (κ3) is 40.6. The Balaban J connectivity index is 0.000000462. The van der Waals surface area contributed by atoms with Crippen LogP contribution in [0, 0.1) is 0 Å². The highest BCUT2D eigenvalue weighted by molar-refractivity contribution is 6.00. The summed E-state index contributed by atoms with van der Waals surface area (Å²) in [6.07, 6.45) is 2.49. The first-order chi connectivity index (χ1) is 54.3. The molecule has 0 aromatic heterocycles. The van der Waals surface area contributed by atoms with Crippen LogP contribution < -0.4 is 88.8 Å². The number of nitrogens with two attached hydrogens (primary N) is 9. The molecule has 7 aromatic rings. The number of hydrogen-bond acceptors (Lipinski definition) is 27. The van der Waals surface area contributed by atoms with Crippen molar-refractivity contribution in [3.05, 3.63) is 248 Å². The van der Waals surface area contributed by atoms with Gasteiger partial charge in [0.1, 0.15) is 13.2 Å². The van der Waals surface area contributed by atoms with Gasteiger partial charge in [0.15, 0.2) is 5.96 Å². The molecule has 2 aliphatic heterocycles. The van der Waals surface area contributed by atoms with Gasteiger partial charge in [-0.25, -0.2) is 9.59 Å². The Morgan fingerprint density at radius 3 is 0.848 bits per heavy atom. The van der Waals surface area contributed by atoms with E-state index in [-0.39, 0.29) is 106 Å². The first-order valence-corrected chi connectivity index (χ1v) is 36.4. The summed E-state index contributed by atoms with van der Waals surface area (Å²) >= 11 is 0. The van der Waals surface area contributed by atoms with Gasteiger partial charge in [0.05, 0.1) is 44.2 Å². The van der Waals surface area contributed by atoms with Crippen molar-refractivity contribution in [3.63, 3.8) is 0 Å². The number of carbonyl (C=O) groups excluding carboxylic acids is 8. The van der Waals surface area contributed by atoms with Crippen LogP contribution in [0.3, 0.4) is 0 Å². The predicted octanol–water partition coefficient (Wildman–Crippen LogP) is -0.870. The molecule has 7 aromatic carbocycles. The number of ether oxygens (including phenoxy) is 2. The number of fused-ring (bicyclic) bond motifs is 1. The molecular weight excluding hydrogens is 1440 g/mol. The molecule has 0 bridgehead atoms. The second-order valence-electron chi connectivity index (χ2n) is 23.6. The van der Waals surface area contributed by atoms with Crippen LogP contribution in [0.5, 0.6) is 0 Å². The molecule has 0 spiro atoms. The van der Waals surface area contributed by atoms with Gasteiger partial charge >= 0.3 is 11.9 Å². The van der Waals surface area contributed by atoms with Crippen molar-refractivity contribution in [1.29, 1.82) is 0 Å². The SMILES string of the molecule is C1CN=C2NCCCN2C1.NCCN.NCCNC(=O)c1ccc(C(=O)NCCN)cc1.NCCO.NCc1ccc(CN)cc1.NCc1ccc(CNC(=O)c2ccc(C(=O)NCc3ccc(CN)cc3)cc2)cc1.O=C(NCCO)c1ccc(C(=O)NCCO)cc1.O=C(OCCO)c1ccc(C(=O)OCCO)cc1. The molecule has 9 rings (SSSR count). The highest BCUT2D eigenvalue weighted by Crippen LogP contribution is 2.13. The number of nitrogens with one attached hydrogen (secondary N) is 7. The average molecular weight is 1560 g/mol. The lowest BCUT2D eigenvalue weighted by molar-refractivity contribution is 0.0422. The summed E-state index contributed by atoms with van der Waals surface area (Å²) < 4.78 is 9.41. The zero-order chi connectivity index (χ0) is 82.5. The quantitative estimate of drug-likeness (QED) is 0.0243. The summed E-state index contributed by atoms with van der Waals surface area (Å²) in [5.41, 5.74) is 56.9. The van der Waals surface area contributed by atoms with Gasteiger partial charge in [0, 0.05) is 158 Å². The number of benzene rings is 7. The van der Waals surface area contributed by atoms with Gasteiger partial charge in [-0.3, -0.25) is 33.8 Å². The van der Waals surface area contributed by atoms with Crippen molar-refractivity contribution in [3.8, 4) is 0 Å². The summed E-state index contributed by atoms with van der Waals surface area (Å²) in [6.45, 7) is 10.4. The van der Waals surface area contributed by atoms with Crippen LogP contribution in [-0.2, 0) is 48.7 Å². The number of hydrogen-bond donors (Lipinski definition) is 21. The smallest absolute Gasteiger partial charge is 0.338 e. The topological polar surface area (TPSA) is 590 Å². The molecule has 0 atom stereocenters. The van der Waals surface area contributed by atoms with Crippen LogP contribution in [0.2, 0.25) is 0 Å². The first kappa shape index (κ1) is 97.1. The Bertz CT molecular complexity index is 3390. The van der Waals surface area contributed by atoms with Crippen LogP contribution in [0.25, 0.3) is 0 Å². The van der Waals surface area contributed by atoms with Crippen LogP contribution in [0.4, 0.5) is 0 Å². The Labute approximate surface area is 653 Å². The van der Waals surface area contributed by atoms with Gasteiger partial charge in [-0.15, -0.1) is 0 Å². The fourth-order valence-corrected chi connectivity index (χ4v) is 9.10. The minimum atomic E-state index is -0.570. The third-order valence-electron chi connectivity index (χ3n) is 15.1. The van der Waals surface area contributed by atoms with Gasteiger partial charge in [-0.05, 0) is 143 Å². The monoisotopic (exact) mass is 1550 g/mol. The number of aliphatic hydroxyl groups is 5.